The fourth-order valence-electron chi connectivity index (χ4n) is 2.38. The number of hydrogen-bond acceptors (Lipinski definition) is 1. The smallest absolute Gasteiger partial charge is 0.386 e. The van der Waals surface area contributed by atoms with Gasteiger partial charge in [-0.05, 0) is 11.9 Å². The minimum absolute atomic E-state index is 0. The number of fused-ring (bicyclic) bond motifs is 2. The number of hydrogen-bond donors (Lipinski definition) is 0. The van der Waals surface area contributed by atoms with Crippen molar-refractivity contribution in [3.05, 3.63) is 84.6 Å². The Hall–Kier alpha value is -1.43. The van der Waals surface area contributed by atoms with E-state index in [0.717, 1.165) is 11.9 Å². The first-order valence-corrected chi connectivity index (χ1v) is 7.23. The summed E-state index contributed by atoms with van der Waals surface area (Å²) in [6.07, 6.45) is 3.92. The zero-order valence-corrected chi connectivity index (χ0v) is 16.2. The quantitative estimate of drug-likeness (QED) is 0.360. The van der Waals surface area contributed by atoms with Crippen LogP contribution in [-0.4, -0.2) is 4.98 Å². The summed E-state index contributed by atoms with van der Waals surface area (Å²) in [5.74, 6) is 0. The molecular weight excluding hydrogens is 377 g/mol. The average molecular weight is 396 g/mol. The number of para-hydroxylation sites is 1. The van der Waals surface area contributed by atoms with E-state index >= 15 is 0 Å². The number of halogens is 2. The van der Waals surface area contributed by atoms with E-state index in [1.54, 1.807) is 0 Å². The molecule has 4 rings (SSSR count). The van der Waals surface area contributed by atoms with Crippen molar-refractivity contribution in [3.63, 3.8) is 0 Å². The van der Waals surface area contributed by atoms with Crippen molar-refractivity contribution in [1.82, 2.24) is 4.98 Å². The van der Waals surface area contributed by atoms with Gasteiger partial charge in [0, 0.05) is 0 Å². The Labute approximate surface area is 166 Å². The van der Waals surface area contributed by atoms with Crippen LogP contribution in [0.5, 0.6) is 0 Å². The van der Waals surface area contributed by atoms with E-state index in [9.17, 15) is 0 Å². The van der Waals surface area contributed by atoms with Crippen LogP contribution in [0.3, 0.4) is 0 Å². The molecule has 0 atom stereocenters. The van der Waals surface area contributed by atoms with Gasteiger partial charge in [-0.15, -0.1) is 70.8 Å². The number of rotatable bonds is 1. The molecule has 0 unspecified atom stereocenters. The Kier molecular flexibility index (Phi) is 10.5. The Morgan fingerprint density at radius 3 is 2.25 bits per heavy atom. The standard InChI is InChI=1S/C11H11.C9H6N.2ClH.Cr/c1-2-9-7-10-5-3-4-6-11(10)8-9;1-2-6-9-8(4-1)5-3-7-10-9;;;/h3-8H,2H2,1H3;1-6H;2*1H;/q2*-1;;;+2. The van der Waals surface area contributed by atoms with Gasteiger partial charge in [-0.3, -0.25) is 0 Å². The molecule has 4 heteroatoms. The van der Waals surface area contributed by atoms with Crippen molar-refractivity contribution >= 4 is 46.5 Å². The van der Waals surface area contributed by atoms with E-state index < -0.39 is 0 Å². The fraction of sp³-hybridized carbons (Fsp3) is 0.100. The van der Waals surface area contributed by atoms with Crippen molar-refractivity contribution in [2.75, 3.05) is 0 Å². The second-order valence-corrected chi connectivity index (χ2v) is 4.98. The molecule has 0 amide bonds. The number of pyridine rings is 1. The Morgan fingerprint density at radius 1 is 0.917 bits per heavy atom. The van der Waals surface area contributed by atoms with Crippen LogP contribution in [0.15, 0.2) is 72.8 Å². The second kappa shape index (κ2) is 11.2. The van der Waals surface area contributed by atoms with Crippen molar-refractivity contribution < 1.29 is 17.4 Å². The van der Waals surface area contributed by atoms with Gasteiger partial charge in [-0.25, -0.2) is 0 Å². The van der Waals surface area contributed by atoms with E-state index in [1.807, 2.05) is 36.4 Å². The Balaban J connectivity index is 0.000000393. The molecule has 4 aromatic rings. The van der Waals surface area contributed by atoms with E-state index in [4.69, 9.17) is 0 Å². The summed E-state index contributed by atoms with van der Waals surface area (Å²) in [4.78, 5) is 4.06. The number of aromatic nitrogens is 1. The number of benzene rings is 2. The predicted molar refractivity (Wildman–Crippen MR) is 104 cm³/mol. The molecule has 0 N–H and O–H groups in total. The van der Waals surface area contributed by atoms with Crippen LogP contribution in [0.4, 0.5) is 0 Å². The largest absolute Gasteiger partial charge is 2.00 e. The molecule has 3 aromatic carbocycles. The third-order valence-corrected chi connectivity index (χ3v) is 3.55. The van der Waals surface area contributed by atoms with E-state index in [0.29, 0.717) is 0 Å². The number of nitrogens with zero attached hydrogens (tertiary/aromatic N) is 1. The minimum atomic E-state index is 0. The molecule has 1 aromatic heterocycles. The molecule has 0 bridgehead atoms. The van der Waals surface area contributed by atoms with Gasteiger partial charge in [0.2, 0.25) is 0 Å². The molecule has 0 fully saturated rings. The van der Waals surface area contributed by atoms with Gasteiger partial charge in [-0.1, -0.05) is 43.5 Å². The van der Waals surface area contributed by atoms with Crippen LogP contribution in [-0.2, 0) is 23.8 Å². The van der Waals surface area contributed by atoms with Crippen LogP contribution in [0.2, 0.25) is 0 Å². The monoisotopic (exact) mass is 395 g/mol. The van der Waals surface area contributed by atoms with E-state index in [-0.39, 0.29) is 42.2 Å². The Morgan fingerprint density at radius 2 is 1.58 bits per heavy atom. The van der Waals surface area contributed by atoms with Crippen LogP contribution < -0.4 is 0 Å². The van der Waals surface area contributed by atoms with Gasteiger partial charge in [0.15, 0.2) is 0 Å². The van der Waals surface area contributed by atoms with Gasteiger partial charge >= 0.3 is 17.4 Å². The van der Waals surface area contributed by atoms with Gasteiger partial charge in [-0.2, -0.15) is 18.2 Å². The topological polar surface area (TPSA) is 12.9 Å². The van der Waals surface area contributed by atoms with Crippen LogP contribution in [0.1, 0.15) is 12.5 Å². The summed E-state index contributed by atoms with van der Waals surface area (Å²) < 4.78 is 0. The minimum Gasteiger partial charge on any atom is -0.386 e. The molecule has 0 saturated heterocycles. The molecule has 0 saturated carbocycles. The van der Waals surface area contributed by atoms with Crippen LogP contribution >= 0.6 is 24.8 Å². The van der Waals surface area contributed by atoms with E-state index in [2.05, 4.69) is 54.5 Å². The first-order valence-electron chi connectivity index (χ1n) is 7.23. The first-order chi connectivity index (χ1) is 10.4. The molecule has 1 heterocycles. The molecule has 0 aliphatic rings. The number of aryl methyl sites for hydroxylation is 1. The van der Waals surface area contributed by atoms with Crippen LogP contribution in [0, 0.1) is 6.20 Å². The maximum atomic E-state index is 4.06. The normalized spacial score (nSPS) is 9.04. The zero-order valence-electron chi connectivity index (χ0n) is 13.3. The molecule has 1 nitrogen and oxygen atoms in total. The summed E-state index contributed by atoms with van der Waals surface area (Å²) in [6, 6.07) is 24.8. The summed E-state index contributed by atoms with van der Waals surface area (Å²) in [6.45, 7) is 2.19. The van der Waals surface area contributed by atoms with Gasteiger partial charge in [0.1, 0.15) is 0 Å². The first kappa shape index (κ1) is 22.6. The summed E-state index contributed by atoms with van der Waals surface area (Å²) in [5, 5.41) is 3.90. The third kappa shape index (κ3) is 5.58. The fourth-order valence-corrected chi connectivity index (χ4v) is 2.38. The summed E-state index contributed by atoms with van der Waals surface area (Å²) in [7, 11) is 0. The third-order valence-electron chi connectivity index (χ3n) is 3.55. The van der Waals surface area contributed by atoms with Crippen LogP contribution in [0.25, 0.3) is 21.7 Å². The van der Waals surface area contributed by atoms with Gasteiger partial charge in [0.05, 0.1) is 0 Å². The second-order valence-electron chi connectivity index (χ2n) is 4.98. The molecule has 0 aliphatic carbocycles. The maximum absolute atomic E-state index is 4.06. The molecule has 0 aliphatic heterocycles. The molecule has 0 spiro atoms. The summed E-state index contributed by atoms with van der Waals surface area (Å²) in [5.41, 5.74) is 2.44. The van der Waals surface area contributed by atoms with Crippen molar-refractivity contribution in [3.8, 4) is 0 Å². The van der Waals surface area contributed by atoms with Crippen molar-refractivity contribution in [2.45, 2.75) is 13.3 Å². The average Bonchev–Trinajstić information content (AvgIpc) is 2.99. The zero-order chi connectivity index (χ0) is 14.5. The van der Waals surface area contributed by atoms with Crippen molar-refractivity contribution in [1.29, 1.82) is 0 Å². The van der Waals surface area contributed by atoms with Gasteiger partial charge < -0.3 is 4.98 Å². The van der Waals surface area contributed by atoms with E-state index in [1.165, 1.54) is 21.7 Å². The molecular formula is C20H19Cl2CrN. The Bertz CT molecular complexity index is 760. The summed E-state index contributed by atoms with van der Waals surface area (Å²) >= 11 is 0. The molecule has 124 valence electrons. The van der Waals surface area contributed by atoms with Gasteiger partial charge in [0.25, 0.3) is 0 Å². The molecule has 0 radical (unpaired) electrons. The predicted octanol–water partition coefficient (Wildman–Crippen LogP) is 6.00. The molecule has 24 heavy (non-hydrogen) atoms. The SMILES string of the molecule is CCc1cc2ccccc2[cH-]1.Cl.Cl.[Cr+2].[c-]1ccc2ccccc2n1. The van der Waals surface area contributed by atoms with Crippen molar-refractivity contribution in [2.24, 2.45) is 0 Å². The maximum Gasteiger partial charge on any atom is 2.00 e.